The summed E-state index contributed by atoms with van der Waals surface area (Å²) >= 11 is 5.91. The fourth-order valence-electron chi connectivity index (χ4n) is 1.94. The van der Waals surface area contributed by atoms with Crippen LogP contribution in [-0.2, 0) is 4.79 Å². The number of Topliss-reactive ketones (excluding diaryl/α,β-unsaturated/α-hetero) is 2. The number of hydrogen-bond acceptors (Lipinski definition) is 2. The van der Waals surface area contributed by atoms with Crippen molar-refractivity contribution in [3.63, 3.8) is 0 Å². The summed E-state index contributed by atoms with van der Waals surface area (Å²) in [6.07, 6.45) is 2.02. The standard InChI is InChI=1S/C12H11ClO2/c13-10-6-2-1-4-8(10)12(15)9-5-3-7-11(9)14/h1-2,4,6,9H,3,5,7H2. The number of rotatable bonds is 2. The second-order valence-electron chi connectivity index (χ2n) is 3.76. The second kappa shape index (κ2) is 4.15. The Kier molecular flexibility index (Phi) is 2.87. The molecule has 1 aliphatic carbocycles. The first kappa shape index (κ1) is 10.4. The number of halogens is 1. The highest BCUT2D eigenvalue weighted by Crippen LogP contribution is 2.27. The van der Waals surface area contributed by atoms with Gasteiger partial charge in [0.2, 0.25) is 0 Å². The Hall–Kier alpha value is -1.15. The third-order valence-corrected chi connectivity index (χ3v) is 3.09. The van der Waals surface area contributed by atoms with Crippen molar-refractivity contribution in [2.45, 2.75) is 19.3 Å². The molecule has 0 saturated heterocycles. The van der Waals surface area contributed by atoms with Crippen LogP contribution in [0.2, 0.25) is 5.02 Å². The molecule has 0 heterocycles. The van der Waals surface area contributed by atoms with Crippen LogP contribution in [0.3, 0.4) is 0 Å². The summed E-state index contributed by atoms with van der Waals surface area (Å²) < 4.78 is 0. The molecule has 1 aromatic rings. The minimum Gasteiger partial charge on any atom is -0.299 e. The monoisotopic (exact) mass is 222 g/mol. The molecule has 0 radical (unpaired) electrons. The van der Waals surface area contributed by atoms with E-state index < -0.39 is 5.92 Å². The zero-order valence-corrected chi connectivity index (χ0v) is 8.96. The van der Waals surface area contributed by atoms with Crippen LogP contribution >= 0.6 is 11.6 Å². The molecule has 0 aliphatic heterocycles. The molecule has 2 nitrogen and oxygen atoms in total. The van der Waals surface area contributed by atoms with Gasteiger partial charge in [-0.3, -0.25) is 9.59 Å². The molecular formula is C12H11ClO2. The molecule has 1 saturated carbocycles. The highest BCUT2D eigenvalue weighted by atomic mass is 35.5. The zero-order chi connectivity index (χ0) is 10.8. The molecule has 2 rings (SSSR count). The Morgan fingerprint density at radius 3 is 2.67 bits per heavy atom. The van der Waals surface area contributed by atoms with Gasteiger partial charge in [-0.25, -0.2) is 0 Å². The SMILES string of the molecule is O=C1CCCC1C(=O)c1ccccc1Cl. The van der Waals surface area contributed by atoms with Crippen LogP contribution in [-0.4, -0.2) is 11.6 Å². The van der Waals surface area contributed by atoms with Crippen LogP contribution in [0.5, 0.6) is 0 Å². The fourth-order valence-corrected chi connectivity index (χ4v) is 2.17. The minimum atomic E-state index is -0.454. The molecule has 0 bridgehead atoms. The van der Waals surface area contributed by atoms with Crippen LogP contribution in [0, 0.1) is 5.92 Å². The van der Waals surface area contributed by atoms with Gasteiger partial charge in [0.15, 0.2) is 5.78 Å². The van der Waals surface area contributed by atoms with Crippen molar-refractivity contribution >= 4 is 23.2 Å². The lowest BCUT2D eigenvalue weighted by molar-refractivity contribution is -0.119. The van der Waals surface area contributed by atoms with Gasteiger partial charge in [0, 0.05) is 12.0 Å². The van der Waals surface area contributed by atoms with Crippen LogP contribution in [0.1, 0.15) is 29.6 Å². The third-order valence-electron chi connectivity index (χ3n) is 2.76. The average molecular weight is 223 g/mol. The van der Waals surface area contributed by atoms with Gasteiger partial charge in [-0.2, -0.15) is 0 Å². The molecule has 1 fully saturated rings. The van der Waals surface area contributed by atoms with E-state index in [2.05, 4.69) is 0 Å². The summed E-state index contributed by atoms with van der Waals surface area (Å²) in [5.74, 6) is -0.520. The summed E-state index contributed by atoms with van der Waals surface area (Å²) in [5, 5.41) is 0.433. The first-order chi connectivity index (χ1) is 7.20. The van der Waals surface area contributed by atoms with Crippen molar-refractivity contribution in [3.8, 4) is 0 Å². The molecule has 1 unspecified atom stereocenters. The molecule has 1 atom stereocenters. The van der Waals surface area contributed by atoms with E-state index in [4.69, 9.17) is 11.6 Å². The Morgan fingerprint density at radius 2 is 2.07 bits per heavy atom. The number of benzene rings is 1. The summed E-state index contributed by atoms with van der Waals surface area (Å²) in [5.41, 5.74) is 0.472. The van der Waals surface area contributed by atoms with E-state index in [1.165, 1.54) is 0 Å². The summed E-state index contributed by atoms with van der Waals surface area (Å²) in [4.78, 5) is 23.4. The quantitative estimate of drug-likeness (QED) is 0.570. The Balaban J connectivity index is 2.28. The largest absolute Gasteiger partial charge is 0.299 e. The van der Waals surface area contributed by atoms with Crippen LogP contribution in [0.15, 0.2) is 24.3 Å². The van der Waals surface area contributed by atoms with Crippen LogP contribution < -0.4 is 0 Å². The topological polar surface area (TPSA) is 34.1 Å². The normalized spacial score (nSPS) is 20.6. The van der Waals surface area contributed by atoms with Crippen LogP contribution in [0.4, 0.5) is 0 Å². The minimum absolute atomic E-state index is 0.0555. The van der Waals surface area contributed by atoms with Crippen molar-refractivity contribution in [1.82, 2.24) is 0 Å². The number of carbonyl (C=O) groups is 2. The van der Waals surface area contributed by atoms with E-state index in [1.807, 2.05) is 0 Å². The summed E-state index contributed by atoms with van der Waals surface area (Å²) in [6.45, 7) is 0. The van der Waals surface area contributed by atoms with Gasteiger partial charge >= 0.3 is 0 Å². The fraction of sp³-hybridized carbons (Fsp3) is 0.333. The molecule has 0 N–H and O–H groups in total. The van der Waals surface area contributed by atoms with Gasteiger partial charge in [0.1, 0.15) is 5.78 Å². The number of carbonyl (C=O) groups excluding carboxylic acids is 2. The highest BCUT2D eigenvalue weighted by Gasteiger charge is 2.32. The zero-order valence-electron chi connectivity index (χ0n) is 8.20. The Bertz CT molecular complexity index is 412. The molecule has 1 aliphatic rings. The Labute approximate surface area is 93.2 Å². The number of hydrogen-bond donors (Lipinski definition) is 0. The lowest BCUT2D eigenvalue weighted by Crippen LogP contribution is -2.18. The smallest absolute Gasteiger partial charge is 0.174 e. The van der Waals surface area contributed by atoms with Gasteiger partial charge < -0.3 is 0 Å². The lowest BCUT2D eigenvalue weighted by Gasteiger charge is -2.07. The van der Waals surface area contributed by atoms with Crippen molar-refractivity contribution in [2.75, 3.05) is 0 Å². The highest BCUT2D eigenvalue weighted by molar-refractivity contribution is 6.34. The molecule has 1 aromatic carbocycles. The predicted octanol–water partition coefficient (Wildman–Crippen LogP) is 2.89. The molecule has 78 valence electrons. The third kappa shape index (κ3) is 1.95. The maximum absolute atomic E-state index is 12.0. The molecular weight excluding hydrogens is 212 g/mol. The number of ketones is 2. The molecule has 0 amide bonds. The van der Waals surface area contributed by atoms with E-state index in [0.29, 0.717) is 23.4 Å². The lowest BCUT2D eigenvalue weighted by atomic mass is 9.95. The van der Waals surface area contributed by atoms with E-state index in [0.717, 1.165) is 6.42 Å². The first-order valence-electron chi connectivity index (χ1n) is 5.01. The molecule has 0 aromatic heterocycles. The van der Waals surface area contributed by atoms with Gasteiger partial charge in [0.05, 0.1) is 10.9 Å². The van der Waals surface area contributed by atoms with E-state index >= 15 is 0 Å². The summed E-state index contributed by atoms with van der Waals surface area (Å²) in [6, 6.07) is 6.89. The molecule has 0 spiro atoms. The van der Waals surface area contributed by atoms with Crippen molar-refractivity contribution in [1.29, 1.82) is 0 Å². The van der Waals surface area contributed by atoms with Crippen LogP contribution in [0.25, 0.3) is 0 Å². The molecule has 15 heavy (non-hydrogen) atoms. The van der Waals surface area contributed by atoms with Crippen molar-refractivity contribution < 1.29 is 9.59 Å². The van der Waals surface area contributed by atoms with Gasteiger partial charge in [-0.15, -0.1) is 0 Å². The summed E-state index contributed by atoms with van der Waals surface area (Å²) in [7, 11) is 0. The van der Waals surface area contributed by atoms with Gasteiger partial charge in [-0.05, 0) is 25.0 Å². The van der Waals surface area contributed by atoms with Crippen molar-refractivity contribution in [2.24, 2.45) is 5.92 Å². The first-order valence-corrected chi connectivity index (χ1v) is 5.39. The Morgan fingerprint density at radius 1 is 1.33 bits per heavy atom. The van der Waals surface area contributed by atoms with E-state index in [9.17, 15) is 9.59 Å². The maximum atomic E-state index is 12.0. The van der Waals surface area contributed by atoms with E-state index in [-0.39, 0.29) is 11.6 Å². The van der Waals surface area contributed by atoms with E-state index in [1.54, 1.807) is 24.3 Å². The second-order valence-corrected chi connectivity index (χ2v) is 4.16. The van der Waals surface area contributed by atoms with Gasteiger partial charge in [0.25, 0.3) is 0 Å². The molecule has 3 heteroatoms. The average Bonchev–Trinajstić information content (AvgIpc) is 2.64. The van der Waals surface area contributed by atoms with Crippen molar-refractivity contribution in [3.05, 3.63) is 34.9 Å². The van der Waals surface area contributed by atoms with Gasteiger partial charge in [-0.1, -0.05) is 23.7 Å². The maximum Gasteiger partial charge on any atom is 0.174 e. The predicted molar refractivity (Wildman–Crippen MR) is 58.1 cm³/mol.